The molecule has 0 amide bonds. The van der Waals surface area contributed by atoms with Crippen LogP contribution in [0, 0.1) is 6.92 Å². The molecule has 0 aliphatic carbocycles. The van der Waals surface area contributed by atoms with Gasteiger partial charge in [0.25, 0.3) is 0 Å². The molecular formula is C23H21N3O. The van der Waals surface area contributed by atoms with E-state index in [-0.39, 0.29) is 0 Å². The van der Waals surface area contributed by atoms with Crippen molar-refractivity contribution >= 4 is 16.6 Å². The molecule has 0 atom stereocenters. The fourth-order valence-corrected chi connectivity index (χ4v) is 2.96. The average molecular weight is 355 g/mol. The van der Waals surface area contributed by atoms with Gasteiger partial charge in [-0.1, -0.05) is 42.0 Å². The molecule has 0 fully saturated rings. The third-order valence-electron chi connectivity index (χ3n) is 4.42. The summed E-state index contributed by atoms with van der Waals surface area (Å²) in [6.07, 6.45) is 3.39. The molecule has 1 N–H and O–H groups in total. The van der Waals surface area contributed by atoms with Crippen molar-refractivity contribution in [2.75, 3.05) is 5.32 Å². The van der Waals surface area contributed by atoms with E-state index in [9.17, 15) is 0 Å². The van der Waals surface area contributed by atoms with Gasteiger partial charge in [0.2, 0.25) is 0 Å². The molecule has 27 heavy (non-hydrogen) atoms. The van der Waals surface area contributed by atoms with Crippen LogP contribution in [0.5, 0.6) is 5.75 Å². The predicted octanol–water partition coefficient (Wildman–Crippen LogP) is 5.13. The summed E-state index contributed by atoms with van der Waals surface area (Å²) in [5.41, 5.74) is 5.61. The summed E-state index contributed by atoms with van der Waals surface area (Å²) < 4.78 is 5.88. The minimum Gasteiger partial charge on any atom is -0.489 e. The van der Waals surface area contributed by atoms with Crippen LogP contribution in [-0.2, 0) is 13.2 Å². The third kappa shape index (κ3) is 4.42. The minimum absolute atomic E-state index is 0.582. The lowest BCUT2D eigenvalue weighted by Crippen LogP contribution is -2.00. The minimum atomic E-state index is 0.582. The van der Waals surface area contributed by atoms with Crippen LogP contribution in [0.1, 0.15) is 16.7 Å². The summed E-state index contributed by atoms with van der Waals surface area (Å²) in [6, 6.07) is 22.7. The molecule has 4 heteroatoms. The van der Waals surface area contributed by atoms with E-state index < -0.39 is 0 Å². The van der Waals surface area contributed by atoms with Crippen LogP contribution < -0.4 is 10.1 Å². The molecule has 1 aromatic heterocycles. The Morgan fingerprint density at radius 3 is 2.67 bits per heavy atom. The van der Waals surface area contributed by atoms with Crippen LogP contribution in [-0.4, -0.2) is 9.97 Å². The van der Waals surface area contributed by atoms with Crippen LogP contribution in [0.25, 0.3) is 10.9 Å². The Balaban J connectivity index is 1.34. The van der Waals surface area contributed by atoms with Crippen molar-refractivity contribution in [1.82, 2.24) is 9.97 Å². The lowest BCUT2D eigenvalue weighted by molar-refractivity contribution is 0.306. The first-order valence-electron chi connectivity index (χ1n) is 8.97. The fraction of sp³-hybridized carbons (Fsp3) is 0.130. The molecule has 0 spiro atoms. The number of ether oxygens (including phenoxy) is 1. The molecule has 0 radical (unpaired) electrons. The molecule has 3 aromatic carbocycles. The van der Waals surface area contributed by atoms with E-state index in [2.05, 4.69) is 58.6 Å². The van der Waals surface area contributed by atoms with Crippen LogP contribution in [0.3, 0.4) is 0 Å². The maximum atomic E-state index is 5.88. The summed E-state index contributed by atoms with van der Waals surface area (Å²) in [5, 5.41) is 4.48. The SMILES string of the molecule is Cc1cccc(COc2ccc(CNc3ccc4cncnc4c3)cc2)c1. The van der Waals surface area contributed by atoms with Crippen LogP contribution in [0.2, 0.25) is 0 Å². The molecule has 4 aromatic rings. The third-order valence-corrected chi connectivity index (χ3v) is 4.42. The highest BCUT2D eigenvalue weighted by Crippen LogP contribution is 2.18. The summed E-state index contributed by atoms with van der Waals surface area (Å²) in [7, 11) is 0. The Labute approximate surface area is 158 Å². The predicted molar refractivity (Wildman–Crippen MR) is 109 cm³/mol. The highest BCUT2D eigenvalue weighted by Gasteiger charge is 2.00. The molecule has 0 bridgehead atoms. The number of nitrogens with zero attached hydrogens (tertiary/aromatic N) is 2. The molecule has 4 nitrogen and oxygen atoms in total. The van der Waals surface area contributed by atoms with Gasteiger partial charge < -0.3 is 10.1 Å². The van der Waals surface area contributed by atoms with Gasteiger partial charge in [-0.15, -0.1) is 0 Å². The summed E-state index contributed by atoms with van der Waals surface area (Å²) >= 11 is 0. The number of rotatable bonds is 6. The molecule has 0 aliphatic rings. The van der Waals surface area contributed by atoms with Gasteiger partial charge >= 0.3 is 0 Å². The molecule has 0 saturated heterocycles. The monoisotopic (exact) mass is 355 g/mol. The molecule has 1 heterocycles. The number of hydrogen-bond acceptors (Lipinski definition) is 4. The van der Waals surface area contributed by atoms with Gasteiger partial charge in [0, 0.05) is 23.8 Å². The van der Waals surface area contributed by atoms with Crippen molar-refractivity contribution in [2.24, 2.45) is 0 Å². The Kier molecular flexibility index (Phi) is 4.97. The maximum absolute atomic E-state index is 5.88. The van der Waals surface area contributed by atoms with E-state index in [0.29, 0.717) is 6.61 Å². The highest BCUT2D eigenvalue weighted by atomic mass is 16.5. The van der Waals surface area contributed by atoms with E-state index in [1.807, 2.05) is 36.5 Å². The number of benzene rings is 3. The van der Waals surface area contributed by atoms with Gasteiger partial charge in [-0.05, 0) is 48.4 Å². The quantitative estimate of drug-likeness (QED) is 0.521. The molecule has 4 rings (SSSR count). The zero-order valence-electron chi connectivity index (χ0n) is 15.2. The number of aromatic nitrogens is 2. The smallest absolute Gasteiger partial charge is 0.119 e. The van der Waals surface area contributed by atoms with Crippen molar-refractivity contribution < 1.29 is 4.74 Å². The van der Waals surface area contributed by atoms with Crippen LogP contribution in [0.4, 0.5) is 5.69 Å². The second kappa shape index (κ2) is 7.87. The van der Waals surface area contributed by atoms with Crippen LogP contribution in [0.15, 0.2) is 79.3 Å². The number of anilines is 1. The molecular weight excluding hydrogens is 334 g/mol. The highest BCUT2D eigenvalue weighted by molar-refractivity contribution is 5.81. The second-order valence-corrected chi connectivity index (χ2v) is 6.57. The van der Waals surface area contributed by atoms with E-state index in [0.717, 1.165) is 28.9 Å². The Hall–Kier alpha value is -3.40. The Morgan fingerprint density at radius 2 is 1.81 bits per heavy atom. The number of nitrogens with one attached hydrogen (secondary N) is 1. The number of hydrogen-bond donors (Lipinski definition) is 1. The fourth-order valence-electron chi connectivity index (χ4n) is 2.96. The van der Waals surface area contributed by atoms with Gasteiger partial charge in [0.05, 0.1) is 5.52 Å². The van der Waals surface area contributed by atoms with Gasteiger partial charge in [-0.25, -0.2) is 9.97 Å². The van der Waals surface area contributed by atoms with E-state index in [4.69, 9.17) is 4.74 Å². The van der Waals surface area contributed by atoms with E-state index in [1.54, 1.807) is 6.33 Å². The summed E-state index contributed by atoms with van der Waals surface area (Å²) in [4.78, 5) is 8.33. The van der Waals surface area contributed by atoms with Gasteiger partial charge in [0.1, 0.15) is 18.7 Å². The molecule has 0 aliphatic heterocycles. The van der Waals surface area contributed by atoms with Crippen molar-refractivity contribution in [2.45, 2.75) is 20.1 Å². The van der Waals surface area contributed by atoms with Crippen molar-refractivity contribution in [3.8, 4) is 5.75 Å². The average Bonchev–Trinajstić information content (AvgIpc) is 2.71. The number of fused-ring (bicyclic) bond motifs is 1. The topological polar surface area (TPSA) is 47.0 Å². The molecule has 0 saturated carbocycles. The molecule has 0 unspecified atom stereocenters. The van der Waals surface area contributed by atoms with Crippen molar-refractivity contribution in [1.29, 1.82) is 0 Å². The summed E-state index contributed by atoms with van der Waals surface area (Å²) in [6.45, 7) is 3.42. The standard InChI is InChI=1S/C23H21N3O/c1-17-3-2-4-19(11-17)15-27-22-9-5-18(6-10-22)13-25-21-8-7-20-14-24-16-26-23(20)12-21/h2-12,14,16,25H,13,15H2,1H3. The van der Waals surface area contributed by atoms with Gasteiger partial charge in [-0.2, -0.15) is 0 Å². The zero-order valence-corrected chi connectivity index (χ0v) is 15.2. The van der Waals surface area contributed by atoms with Crippen molar-refractivity contribution in [3.63, 3.8) is 0 Å². The molecule has 134 valence electrons. The summed E-state index contributed by atoms with van der Waals surface area (Å²) in [5.74, 6) is 0.877. The number of aryl methyl sites for hydroxylation is 1. The first-order chi connectivity index (χ1) is 13.3. The lowest BCUT2D eigenvalue weighted by Gasteiger charge is -2.10. The van der Waals surface area contributed by atoms with Crippen LogP contribution >= 0.6 is 0 Å². The van der Waals surface area contributed by atoms with Gasteiger partial charge in [0.15, 0.2) is 0 Å². The maximum Gasteiger partial charge on any atom is 0.119 e. The first kappa shape index (κ1) is 17.0. The first-order valence-corrected chi connectivity index (χ1v) is 8.97. The largest absolute Gasteiger partial charge is 0.489 e. The zero-order chi connectivity index (χ0) is 18.5. The Morgan fingerprint density at radius 1 is 0.926 bits per heavy atom. The second-order valence-electron chi connectivity index (χ2n) is 6.57. The normalized spacial score (nSPS) is 10.7. The van der Waals surface area contributed by atoms with Crippen molar-refractivity contribution in [3.05, 3.63) is 95.9 Å². The lowest BCUT2D eigenvalue weighted by atomic mass is 10.1. The van der Waals surface area contributed by atoms with E-state index in [1.165, 1.54) is 16.7 Å². The van der Waals surface area contributed by atoms with Gasteiger partial charge in [-0.3, -0.25) is 0 Å². The van der Waals surface area contributed by atoms with E-state index >= 15 is 0 Å². The Bertz CT molecular complexity index is 1040.